The van der Waals surface area contributed by atoms with Gasteiger partial charge in [-0.2, -0.15) is 0 Å². The van der Waals surface area contributed by atoms with Gasteiger partial charge in [-0.15, -0.1) is 0 Å². The molecule has 1 aliphatic carbocycles. The van der Waals surface area contributed by atoms with Crippen molar-refractivity contribution >= 4 is 6.08 Å². The van der Waals surface area contributed by atoms with Crippen molar-refractivity contribution in [3.63, 3.8) is 0 Å². The van der Waals surface area contributed by atoms with E-state index in [9.17, 15) is 0 Å². The van der Waals surface area contributed by atoms with Crippen molar-refractivity contribution in [2.45, 2.75) is 20.3 Å². The van der Waals surface area contributed by atoms with E-state index in [0.717, 1.165) is 6.42 Å². The molecular weight excluding hydrogens is 148 g/mol. The predicted octanol–water partition coefficient (Wildman–Crippen LogP) is 2.07. The van der Waals surface area contributed by atoms with Crippen LogP contribution in [0.2, 0.25) is 0 Å². The summed E-state index contributed by atoms with van der Waals surface area (Å²) in [5, 5.41) is 0. The van der Waals surface area contributed by atoms with Crippen LogP contribution in [-0.2, 0) is 6.42 Å². The van der Waals surface area contributed by atoms with E-state index in [1.165, 1.54) is 16.8 Å². The Balaban J connectivity index is 2.35. The number of rotatable bonds is 1. The Bertz CT molecular complexity index is 326. The molecule has 12 heavy (non-hydrogen) atoms. The van der Waals surface area contributed by atoms with Crippen molar-refractivity contribution < 1.29 is 0 Å². The molecule has 2 nitrogen and oxygen atoms in total. The maximum absolute atomic E-state index is 4.23. The highest BCUT2D eigenvalue weighted by atomic mass is 14.8. The highest BCUT2D eigenvalue weighted by molar-refractivity contribution is 5.61. The first-order valence-electron chi connectivity index (χ1n) is 4.26. The van der Waals surface area contributed by atoms with Gasteiger partial charge >= 0.3 is 0 Å². The maximum atomic E-state index is 4.23. The van der Waals surface area contributed by atoms with Crippen molar-refractivity contribution in [2.24, 2.45) is 5.92 Å². The third kappa shape index (κ3) is 1.13. The third-order valence-electron chi connectivity index (χ3n) is 2.28. The fourth-order valence-electron chi connectivity index (χ4n) is 1.45. The number of allylic oxidation sites excluding steroid dienone is 1. The normalized spacial score (nSPS) is 14.8. The monoisotopic (exact) mass is 160 g/mol. The van der Waals surface area contributed by atoms with Crippen LogP contribution in [0.4, 0.5) is 0 Å². The molecule has 1 heterocycles. The lowest BCUT2D eigenvalue weighted by Gasteiger charge is -2.03. The standard InChI is InChI=1S/C10H12N2/c1-7(2)8-3-9-5-11-6-12-10(9)4-8/h3,5-7H,4H2,1-2H3. The fourth-order valence-corrected chi connectivity index (χ4v) is 1.45. The first-order chi connectivity index (χ1) is 5.77. The Kier molecular flexibility index (Phi) is 1.68. The molecule has 2 rings (SSSR count). The summed E-state index contributed by atoms with van der Waals surface area (Å²) >= 11 is 0. The Hall–Kier alpha value is -1.18. The van der Waals surface area contributed by atoms with Gasteiger partial charge in [-0.25, -0.2) is 9.97 Å². The van der Waals surface area contributed by atoms with E-state index in [1.54, 1.807) is 6.33 Å². The van der Waals surface area contributed by atoms with Crippen LogP contribution in [0.3, 0.4) is 0 Å². The smallest absolute Gasteiger partial charge is 0.115 e. The van der Waals surface area contributed by atoms with Gasteiger partial charge in [-0.05, 0) is 5.92 Å². The Morgan fingerprint density at radius 3 is 2.92 bits per heavy atom. The number of hydrogen-bond donors (Lipinski definition) is 0. The van der Waals surface area contributed by atoms with Crippen molar-refractivity contribution in [1.29, 1.82) is 0 Å². The van der Waals surface area contributed by atoms with Crippen molar-refractivity contribution in [2.75, 3.05) is 0 Å². The fraction of sp³-hybridized carbons (Fsp3) is 0.400. The van der Waals surface area contributed by atoms with E-state index in [-0.39, 0.29) is 0 Å². The minimum absolute atomic E-state index is 0.624. The summed E-state index contributed by atoms with van der Waals surface area (Å²) in [6.07, 6.45) is 6.73. The zero-order chi connectivity index (χ0) is 8.55. The Labute approximate surface area is 72.4 Å². The first-order valence-corrected chi connectivity index (χ1v) is 4.26. The topological polar surface area (TPSA) is 25.8 Å². The predicted molar refractivity (Wildman–Crippen MR) is 48.6 cm³/mol. The molecule has 0 aliphatic heterocycles. The molecule has 0 spiro atoms. The van der Waals surface area contributed by atoms with Crippen LogP contribution in [0.15, 0.2) is 18.1 Å². The zero-order valence-electron chi connectivity index (χ0n) is 7.41. The molecule has 0 atom stereocenters. The van der Waals surface area contributed by atoms with Crippen molar-refractivity contribution in [3.05, 3.63) is 29.4 Å². The second kappa shape index (κ2) is 2.70. The highest BCUT2D eigenvalue weighted by Gasteiger charge is 2.15. The summed E-state index contributed by atoms with van der Waals surface area (Å²) in [5.74, 6) is 0.624. The summed E-state index contributed by atoms with van der Waals surface area (Å²) in [6.45, 7) is 4.43. The average molecular weight is 160 g/mol. The van der Waals surface area contributed by atoms with Gasteiger partial charge in [-0.1, -0.05) is 25.5 Å². The van der Waals surface area contributed by atoms with Crippen molar-refractivity contribution in [1.82, 2.24) is 9.97 Å². The van der Waals surface area contributed by atoms with Crippen LogP contribution in [-0.4, -0.2) is 9.97 Å². The number of hydrogen-bond acceptors (Lipinski definition) is 2. The molecule has 1 aromatic heterocycles. The summed E-state index contributed by atoms with van der Waals surface area (Å²) in [5.41, 5.74) is 3.83. The minimum Gasteiger partial charge on any atom is -0.244 e. The van der Waals surface area contributed by atoms with Gasteiger partial charge in [0.25, 0.3) is 0 Å². The minimum atomic E-state index is 0.624. The van der Waals surface area contributed by atoms with Crippen LogP contribution in [0.25, 0.3) is 6.08 Å². The number of aromatic nitrogens is 2. The largest absolute Gasteiger partial charge is 0.244 e. The molecule has 0 aromatic carbocycles. The molecule has 2 heteroatoms. The van der Waals surface area contributed by atoms with E-state index < -0.39 is 0 Å². The van der Waals surface area contributed by atoms with Crippen LogP contribution in [0.1, 0.15) is 25.1 Å². The van der Waals surface area contributed by atoms with Gasteiger partial charge in [0.2, 0.25) is 0 Å². The second-order valence-electron chi connectivity index (χ2n) is 3.48. The molecular formula is C10H12N2. The molecule has 62 valence electrons. The van der Waals surface area contributed by atoms with E-state index in [4.69, 9.17) is 0 Å². The molecule has 0 saturated carbocycles. The lowest BCUT2D eigenvalue weighted by molar-refractivity contribution is 0.749. The molecule has 0 amide bonds. The van der Waals surface area contributed by atoms with Crippen LogP contribution in [0.5, 0.6) is 0 Å². The van der Waals surface area contributed by atoms with Gasteiger partial charge in [0.05, 0.1) is 5.69 Å². The number of nitrogens with zero attached hydrogens (tertiary/aromatic N) is 2. The van der Waals surface area contributed by atoms with E-state index in [2.05, 4.69) is 29.9 Å². The quantitative estimate of drug-likeness (QED) is 0.628. The lowest BCUT2D eigenvalue weighted by atomic mass is 10.0. The molecule has 0 saturated heterocycles. The van der Waals surface area contributed by atoms with Gasteiger partial charge in [0.1, 0.15) is 6.33 Å². The molecule has 1 aromatic rings. The zero-order valence-corrected chi connectivity index (χ0v) is 7.41. The molecule has 0 fully saturated rings. The summed E-state index contributed by atoms with van der Waals surface area (Å²) in [7, 11) is 0. The van der Waals surface area contributed by atoms with Gasteiger partial charge in [0, 0.05) is 18.2 Å². The van der Waals surface area contributed by atoms with Gasteiger partial charge in [-0.3, -0.25) is 0 Å². The third-order valence-corrected chi connectivity index (χ3v) is 2.28. The molecule has 1 aliphatic rings. The highest BCUT2D eigenvalue weighted by Crippen LogP contribution is 2.26. The maximum Gasteiger partial charge on any atom is 0.115 e. The second-order valence-corrected chi connectivity index (χ2v) is 3.48. The number of fused-ring (bicyclic) bond motifs is 1. The summed E-state index contributed by atoms with van der Waals surface area (Å²) in [4.78, 5) is 8.22. The average Bonchev–Trinajstić information content (AvgIpc) is 2.46. The van der Waals surface area contributed by atoms with Gasteiger partial charge < -0.3 is 0 Å². The van der Waals surface area contributed by atoms with Gasteiger partial charge in [0.15, 0.2) is 0 Å². The van der Waals surface area contributed by atoms with Crippen molar-refractivity contribution in [3.8, 4) is 0 Å². The lowest BCUT2D eigenvalue weighted by Crippen LogP contribution is -1.94. The van der Waals surface area contributed by atoms with E-state index in [0.29, 0.717) is 5.92 Å². The summed E-state index contributed by atoms with van der Waals surface area (Å²) < 4.78 is 0. The SMILES string of the molecule is CC(C)C1=Cc2cncnc2C1. The van der Waals surface area contributed by atoms with E-state index in [1.807, 2.05) is 6.20 Å². The molecule has 0 unspecified atom stereocenters. The Morgan fingerprint density at radius 2 is 2.25 bits per heavy atom. The molecule has 0 bridgehead atoms. The molecule has 0 radical (unpaired) electrons. The van der Waals surface area contributed by atoms with Crippen LogP contribution >= 0.6 is 0 Å². The molecule has 0 N–H and O–H groups in total. The van der Waals surface area contributed by atoms with E-state index >= 15 is 0 Å². The first kappa shape index (κ1) is 7.47. The van der Waals surface area contributed by atoms with Crippen LogP contribution in [0, 0.1) is 5.92 Å². The summed E-state index contributed by atoms with van der Waals surface area (Å²) in [6, 6.07) is 0. The van der Waals surface area contributed by atoms with Crippen LogP contribution < -0.4 is 0 Å². The Morgan fingerprint density at radius 1 is 1.42 bits per heavy atom.